The van der Waals surface area contributed by atoms with Crippen molar-refractivity contribution in [2.45, 2.75) is 27.4 Å². The standard InChI is InChI=1S/C14H13ClO.C2H6/c1-11-7-8-14(15)12(9-11)10-16-13-5-3-2-4-6-13;1-2/h2-9H,10H2,1H3;1-2H3. The summed E-state index contributed by atoms with van der Waals surface area (Å²) < 4.78 is 5.64. The quantitative estimate of drug-likeness (QED) is 0.734. The van der Waals surface area contributed by atoms with Crippen molar-refractivity contribution in [1.82, 2.24) is 0 Å². The minimum Gasteiger partial charge on any atom is -0.489 e. The summed E-state index contributed by atoms with van der Waals surface area (Å²) in [5.41, 5.74) is 2.21. The molecule has 0 aliphatic heterocycles. The molecule has 0 amide bonds. The van der Waals surface area contributed by atoms with Crippen molar-refractivity contribution in [3.05, 3.63) is 64.7 Å². The molecule has 2 rings (SSSR count). The fraction of sp³-hybridized carbons (Fsp3) is 0.250. The Hall–Kier alpha value is -1.47. The fourth-order valence-electron chi connectivity index (χ4n) is 1.49. The minimum atomic E-state index is 0.504. The third-order valence-corrected chi connectivity index (χ3v) is 2.71. The molecule has 2 aromatic carbocycles. The molecule has 18 heavy (non-hydrogen) atoms. The first-order valence-corrected chi connectivity index (χ1v) is 6.56. The van der Waals surface area contributed by atoms with Crippen molar-refractivity contribution in [2.24, 2.45) is 0 Å². The molecule has 1 nitrogen and oxygen atoms in total. The van der Waals surface area contributed by atoms with E-state index >= 15 is 0 Å². The molecule has 2 aromatic rings. The van der Waals surface area contributed by atoms with Crippen LogP contribution in [0.2, 0.25) is 5.02 Å². The van der Waals surface area contributed by atoms with Crippen LogP contribution < -0.4 is 4.74 Å². The molecule has 0 bridgehead atoms. The Morgan fingerprint density at radius 1 is 1.00 bits per heavy atom. The van der Waals surface area contributed by atoms with Gasteiger partial charge in [0.2, 0.25) is 0 Å². The highest BCUT2D eigenvalue weighted by molar-refractivity contribution is 6.31. The smallest absolute Gasteiger partial charge is 0.119 e. The second-order valence-electron chi connectivity index (χ2n) is 3.70. The minimum absolute atomic E-state index is 0.504. The molecule has 0 spiro atoms. The third kappa shape index (κ3) is 4.42. The van der Waals surface area contributed by atoms with Gasteiger partial charge < -0.3 is 4.74 Å². The molecule has 0 fully saturated rings. The summed E-state index contributed by atoms with van der Waals surface area (Å²) in [5, 5.41) is 0.751. The zero-order chi connectivity index (χ0) is 13.4. The van der Waals surface area contributed by atoms with Gasteiger partial charge >= 0.3 is 0 Å². The van der Waals surface area contributed by atoms with Crippen LogP contribution in [0.5, 0.6) is 5.75 Å². The highest BCUT2D eigenvalue weighted by Crippen LogP contribution is 2.19. The molecule has 0 heterocycles. The van der Waals surface area contributed by atoms with Crippen molar-refractivity contribution < 1.29 is 4.74 Å². The highest BCUT2D eigenvalue weighted by atomic mass is 35.5. The average Bonchev–Trinajstić information content (AvgIpc) is 2.43. The maximum Gasteiger partial charge on any atom is 0.119 e. The van der Waals surface area contributed by atoms with Gasteiger partial charge in [-0.25, -0.2) is 0 Å². The number of aryl methyl sites for hydroxylation is 1. The van der Waals surface area contributed by atoms with Crippen LogP contribution in [0.3, 0.4) is 0 Å². The Bertz CT molecular complexity index is 466. The number of hydrogen-bond acceptors (Lipinski definition) is 1. The van der Waals surface area contributed by atoms with Crippen LogP contribution in [0, 0.1) is 6.92 Å². The van der Waals surface area contributed by atoms with Gasteiger partial charge in [-0.05, 0) is 25.1 Å². The number of rotatable bonds is 3. The van der Waals surface area contributed by atoms with E-state index in [1.54, 1.807) is 0 Å². The first-order valence-electron chi connectivity index (χ1n) is 6.18. The largest absolute Gasteiger partial charge is 0.489 e. The van der Waals surface area contributed by atoms with E-state index in [-0.39, 0.29) is 0 Å². The molecule has 0 saturated heterocycles. The van der Waals surface area contributed by atoms with E-state index < -0.39 is 0 Å². The molecule has 0 N–H and O–H groups in total. The summed E-state index contributed by atoms with van der Waals surface area (Å²) >= 11 is 6.08. The number of hydrogen-bond donors (Lipinski definition) is 0. The lowest BCUT2D eigenvalue weighted by Gasteiger charge is -2.08. The molecule has 0 saturated carbocycles. The van der Waals surface area contributed by atoms with Crippen molar-refractivity contribution in [1.29, 1.82) is 0 Å². The first kappa shape index (κ1) is 14.6. The monoisotopic (exact) mass is 262 g/mol. The zero-order valence-electron chi connectivity index (χ0n) is 11.1. The number of para-hydroxylation sites is 1. The van der Waals surface area contributed by atoms with E-state index in [4.69, 9.17) is 16.3 Å². The van der Waals surface area contributed by atoms with Gasteiger partial charge in [-0.2, -0.15) is 0 Å². The van der Waals surface area contributed by atoms with Crippen molar-refractivity contribution in [2.75, 3.05) is 0 Å². The van der Waals surface area contributed by atoms with E-state index in [1.165, 1.54) is 5.56 Å². The average molecular weight is 263 g/mol. The summed E-state index contributed by atoms with van der Waals surface area (Å²) in [6.45, 7) is 6.55. The van der Waals surface area contributed by atoms with Gasteiger partial charge in [0.05, 0.1) is 0 Å². The molecular formula is C16H19ClO. The Balaban J connectivity index is 0.000000771. The van der Waals surface area contributed by atoms with Crippen LogP contribution in [-0.4, -0.2) is 0 Å². The molecule has 96 valence electrons. The van der Waals surface area contributed by atoms with Crippen LogP contribution >= 0.6 is 11.6 Å². The normalized spacial score (nSPS) is 9.33. The van der Waals surface area contributed by atoms with Crippen LogP contribution in [0.15, 0.2) is 48.5 Å². The van der Waals surface area contributed by atoms with Gasteiger partial charge in [-0.1, -0.05) is 61.3 Å². The third-order valence-electron chi connectivity index (χ3n) is 2.34. The van der Waals surface area contributed by atoms with Crippen molar-refractivity contribution in [3.63, 3.8) is 0 Å². The van der Waals surface area contributed by atoms with Crippen LogP contribution in [0.4, 0.5) is 0 Å². The van der Waals surface area contributed by atoms with Gasteiger partial charge in [-0.3, -0.25) is 0 Å². The van der Waals surface area contributed by atoms with Crippen molar-refractivity contribution >= 4 is 11.6 Å². The molecule has 0 unspecified atom stereocenters. The van der Waals surface area contributed by atoms with Gasteiger partial charge in [0, 0.05) is 10.6 Å². The number of ether oxygens (including phenoxy) is 1. The van der Waals surface area contributed by atoms with Crippen molar-refractivity contribution in [3.8, 4) is 5.75 Å². The number of halogens is 1. The predicted octanol–water partition coefficient (Wildman–Crippen LogP) is 5.25. The van der Waals surface area contributed by atoms with Gasteiger partial charge in [0.1, 0.15) is 12.4 Å². The lowest BCUT2D eigenvalue weighted by molar-refractivity contribution is 0.306. The second kappa shape index (κ2) is 7.78. The van der Waals surface area contributed by atoms with E-state index in [0.29, 0.717) is 6.61 Å². The molecule has 0 aromatic heterocycles. The lowest BCUT2D eigenvalue weighted by atomic mass is 10.1. The zero-order valence-corrected chi connectivity index (χ0v) is 11.9. The summed E-state index contributed by atoms with van der Waals surface area (Å²) in [4.78, 5) is 0. The highest BCUT2D eigenvalue weighted by Gasteiger charge is 2.01. The lowest BCUT2D eigenvalue weighted by Crippen LogP contribution is -1.96. The molecular weight excluding hydrogens is 244 g/mol. The van der Waals surface area contributed by atoms with Crippen LogP contribution in [0.25, 0.3) is 0 Å². The maximum atomic E-state index is 6.08. The Morgan fingerprint density at radius 3 is 2.33 bits per heavy atom. The van der Waals surface area contributed by atoms with Gasteiger partial charge in [0.25, 0.3) is 0 Å². The van der Waals surface area contributed by atoms with E-state index in [9.17, 15) is 0 Å². The summed E-state index contributed by atoms with van der Waals surface area (Å²) in [6.07, 6.45) is 0. The summed E-state index contributed by atoms with van der Waals surface area (Å²) in [5.74, 6) is 0.861. The second-order valence-corrected chi connectivity index (χ2v) is 4.10. The van der Waals surface area contributed by atoms with Gasteiger partial charge in [-0.15, -0.1) is 0 Å². The summed E-state index contributed by atoms with van der Waals surface area (Å²) in [7, 11) is 0. The Labute approximate surface area is 114 Å². The first-order chi connectivity index (χ1) is 8.75. The summed E-state index contributed by atoms with van der Waals surface area (Å²) in [6, 6.07) is 15.7. The predicted molar refractivity (Wildman–Crippen MR) is 78.3 cm³/mol. The molecule has 0 aliphatic rings. The SMILES string of the molecule is CC.Cc1ccc(Cl)c(COc2ccccc2)c1. The molecule has 0 radical (unpaired) electrons. The Kier molecular flexibility index (Phi) is 6.31. The van der Waals surface area contributed by atoms with Crippen LogP contribution in [0.1, 0.15) is 25.0 Å². The maximum absolute atomic E-state index is 6.08. The molecule has 0 aliphatic carbocycles. The van der Waals surface area contributed by atoms with E-state index in [1.807, 2.05) is 69.3 Å². The topological polar surface area (TPSA) is 9.23 Å². The molecule has 2 heteroatoms. The van der Waals surface area contributed by atoms with E-state index in [2.05, 4.69) is 0 Å². The van der Waals surface area contributed by atoms with E-state index in [0.717, 1.165) is 16.3 Å². The Morgan fingerprint density at radius 2 is 1.67 bits per heavy atom. The number of benzene rings is 2. The molecule has 0 atom stereocenters. The van der Waals surface area contributed by atoms with Crippen LogP contribution in [-0.2, 0) is 6.61 Å². The van der Waals surface area contributed by atoms with Gasteiger partial charge in [0.15, 0.2) is 0 Å². The fourth-order valence-corrected chi connectivity index (χ4v) is 1.66.